The van der Waals surface area contributed by atoms with Gasteiger partial charge in [-0.05, 0) is 24.3 Å². The van der Waals surface area contributed by atoms with Gasteiger partial charge in [0, 0.05) is 24.8 Å². The smallest absolute Gasteiger partial charge is 0.276 e. The Labute approximate surface area is 133 Å². The first-order valence-electron chi connectivity index (χ1n) is 7.17. The Hall–Kier alpha value is -3.22. The predicted octanol–water partition coefficient (Wildman–Crippen LogP) is 2.10. The van der Waals surface area contributed by atoms with E-state index in [1.165, 1.54) is 0 Å². The van der Waals surface area contributed by atoms with Crippen molar-refractivity contribution in [3.8, 4) is 11.6 Å². The molecule has 3 N–H and O–H groups in total. The van der Waals surface area contributed by atoms with Gasteiger partial charge in [0.25, 0.3) is 5.89 Å². The normalized spacial score (nSPS) is 11.4. The number of guanidine groups is 1. The van der Waals surface area contributed by atoms with Crippen LogP contribution in [0, 0.1) is 0 Å². The number of hydrogen-bond donors (Lipinski definition) is 2. The molecule has 7 nitrogen and oxygen atoms in total. The number of pyridine rings is 1. The van der Waals surface area contributed by atoms with Crippen molar-refractivity contribution < 1.29 is 4.52 Å². The topological polar surface area (TPSA) is 102 Å². The van der Waals surface area contributed by atoms with Crippen LogP contribution in [0.25, 0.3) is 11.6 Å². The molecule has 0 saturated heterocycles. The second-order valence-electron chi connectivity index (χ2n) is 4.74. The molecule has 0 radical (unpaired) electrons. The summed E-state index contributed by atoms with van der Waals surface area (Å²) in [6.07, 6.45) is 2.22. The molecular formula is C16H16N6O. The van der Waals surface area contributed by atoms with Gasteiger partial charge in [-0.2, -0.15) is 4.98 Å². The van der Waals surface area contributed by atoms with E-state index >= 15 is 0 Å². The minimum absolute atomic E-state index is 0.352. The molecule has 0 bridgehead atoms. The van der Waals surface area contributed by atoms with Crippen LogP contribution in [0.2, 0.25) is 0 Å². The van der Waals surface area contributed by atoms with Crippen LogP contribution in [-0.4, -0.2) is 27.6 Å². The molecule has 3 rings (SSSR count). The zero-order valence-corrected chi connectivity index (χ0v) is 12.4. The molecule has 0 saturated carbocycles. The Morgan fingerprint density at radius 2 is 1.96 bits per heavy atom. The molecule has 0 unspecified atom stereocenters. The van der Waals surface area contributed by atoms with E-state index in [1.807, 2.05) is 48.5 Å². The lowest BCUT2D eigenvalue weighted by Gasteiger charge is -2.04. The zero-order valence-electron chi connectivity index (χ0n) is 12.4. The average molecular weight is 308 g/mol. The Kier molecular flexibility index (Phi) is 4.58. The first-order valence-corrected chi connectivity index (χ1v) is 7.17. The van der Waals surface area contributed by atoms with E-state index in [1.54, 1.807) is 6.20 Å². The molecule has 1 aromatic carbocycles. The summed E-state index contributed by atoms with van der Waals surface area (Å²) in [4.78, 5) is 12.7. The van der Waals surface area contributed by atoms with Gasteiger partial charge < -0.3 is 15.6 Å². The summed E-state index contributed by atoms with van der Waals surface area (Å²) >= 11 is 0. The number of benzene rings is 1. The second-order valence-corrected chi connectivity index (χ2v) is 4.74. The summed E-state index contributed by atoms with van der Waals surface area (Å²) in [5.74, 6) is 1.33. The Morgan fingerprint density at radius 3 is 2.74 bits per heavy atom. The molecule has 2 aromatic heterocycles. The van der Waals surface area contributed by atoms with Crippen LogP contribution in [-0.2, 0) is 6.42 Å². The van der Waals surface area contributed by atoms with Crippen LogP contribution in [0.5, 0.6) is 0 Å². The molecular weight excluding hydrogens is 292 g/mol. The fraction of sp³-hybridized carbons (Fsp3) is 0.125. The summed E-state index contributed by atoms with van der Waals surface area (Å²) in [6.45, 7) is 0.465. The van der Waals surface area contributed by atoms with Gasteiger partial charge in [0.15, 0.2) is 11.8 Å². The summed E-state index contributed by atoms with van der Waals surface area (Å²) in [7, 11) is 0. The number of aliphatic imine (C=N–C) groups is 1. The maximum absolute atomic E-state index is 5.83. The number of para-hydroxylation sites is 1. The van der Waals surface area contributed by atoms with E-state index in [-0.39, 0.29) is 0 Å². The lowest BCUT2D eigenvalue weighted by molar-refractivity contribution is 0.421. The van der Waals surface area contributed by atoms with E-state index in [0.29, 0.717) is 36.3 Å². The third-order valence-corrected chi connectivity index (χ3v) is 3.02. The van der Waals surface area contributed by atoms with Crippen molar-refractivity contribution in [2.75, 3.05) is 11.9 Å². The minimum Gasteiger partial charge on any atom is -0.370 e. The molecule has 0 amide bonds. The van der Waals surface area contributed by atoms with E-state index in [0.717, 1.165) is 5.69 Å². The SMILES string of the molecule is NC(=NCCc1noc(-c2ccccn2)n1)Nc1ccccc1. The maximum atomic E-state index is 5.83. The Morgan fingerprint density at radius 1 is 1.13 bits per heavy atom. The lowest BCUT2D eigenvalue weighted by Crippen LogP contribution is -2.23. The highest BCUT2D eigenvalue weighted by molar-refractivity contribution is 5.92. The molecule has 0 fully saturated rings. The standard InChI is InChI=1S/C16H16N6O/c17-16(20-12-6-2-1-3-7-12)19-11-9-14-21-15(23-22-14)13-8-4-5-10-18-13/h1-8,10H,9,11H2,(H3,17,19,20). The van der Waals surface area contributed by atoms with Crippen molar-refractivity contribution in [2.45, 2.75) is 6.42 Å². The summed E-state index contributed by atoms with van der Waals surface area (Å²) in [6, 6.07) is 15.1. The van der Waals surface area contributed by atoms with Crippen molar-refractivity contribution >= 4 is 11.6 Å². The molecule has 0 aliphatic rings. The van der Waals surface area contributed by atoms with Gasteiger partial charge in [0.1, 0.15) is 5.69 Å². The summed E-state index contributed by atoms with van der Waals surface area (Å²) < 4.78 is 5.18. The van der Waals surface area contributed by atoms with E-state index < -0.39 is 0 Å². The first kappa shape index (κ1) is 14.7. The largest absolute Gasteiger partial charge is 0.370 e. The fourth-order valence-electron chi connectivity index (χ4n) is 1.93. The Balaban J connectivity index is 1.55. The minimum atomic E-state index is 0.352. The molecule has 3 aromatic rings. The Bertz CT molecular complexity index is 770. The van der Waals surface area contributed by atoms with Crippen LogP contribution in [0.1, 0.15) is 5.82 Å². The molecule has 0 atom stereocenters. The highest BCUT2D eigenvalue weighted by Gasteiger charge is 2.08. The monoisotopic (exact) mass is 308 g/mol. The van der Waals surface area contributed by atoms with Crippen molar-refractivity contribution in [1.82, 2.24) is 15.1 Å². The number of nitrogens with one attached hydrogen (secondary N) is 1. The van der Waals surface area contributed by atoms with Gasteiger partial charge in [0.2, 0.25) is 0 Å². The second kappa shape index (κ2) is 7.17. The lowest BCUT2D eigenvalue weighted by atomic mass is 10.3. The molecule has 0 aliphatic carbocycles. The average Bonchev–Trinajstić information content (AvgIpc) is 3.05. The van der Waals surface area contributed by atoms with Gasteiger partial charge in [-0.1, -0.05) is 29.4 Å². The van der Waals surface area contributed by atoms with Gasteiger partial charge in [-0.3, -0.25) is 9.98 Å². The fourth-order valence-corrected chi connectivity index (χ4v) is 1.93. The van der Waals surface area contributed by atoms with Crippen LogP contribution in [0.4, 0.5) is 5.69 Å². The van der Waals surface area contributed by atoms with Crippen LogP contribution in [0.15, 0.2) is 64.2 Å². The van der Waals surface area contributed by atoms with Crippen LogP contribution >= 0.6 is 0 Å². The molecule has 116 valence electrons. The molecule has 0 aliphatic heterocycles. The van der Waals surface area contributed by atoms with Gasteiger partial charge >= 0.3 is 0 Å². The molecule has 23 heavy (non-hydrogen) atoms. The van der Waals surface area contributed by atoms with Crippen molar-refractivity contribution in [2.24, 2.45) is 10.7 Å². The van der Waals surface area contributed by atoms with Crippen molar-refractivity contribution in [3.05, 3.63) is 60.6 Å². The number of nitrogens with zero attached hydrogens (tertiary/aromatic N) is 4. The van der Waals surface area contributed by atoms with Crippen LogP contribution in [0.3, 0.4) is 0 Å². The third-order valence-electron chi connectivity index (χ3n) is 3.02. The van der Waals surface area contributed by atoms with Crippen molar-refractivity contribution in [3.63, 3.8) is 0 Å². The molecule has 7 heteroatoms. The van der Waals surface area contributed by atoms with Gasteiger partial charge in [-0.15, -0.1) is 0 Å². The highest BCUT2D eigenvalue weighted by Crippen LogP contribution is 2.13. The van der Waals surface area contributed by atoms with E-state index in [4.69, 9.17) is 10.3 Å². The number of aromatic nitrogens is 3. The predicted molar refractivity (Wildman–Crippen MR) is 87.8 cm³/mol. The maximum Gasteiger partial charge on any atom is 0.276 e. The number of hydrogen-bond acceptors (Lipinski definition) is 5. The highest BCUT2D eigenvalue weighted by atomic mass is 16.5. The summed E-state index contributed by atoms with van der Waals surface area (Å²) in [5, 5.41) is 6.93. The van der Waals surface area contributed by atoms with Crippen molar-refractivity contribution in [1.29, 1.82) is 0 Å². The van der Waals surface area contributed by atoms with Gasteiger partial charge in [-0.25, -0.2) is 0 Å². The van der Waals surface area contributed by atoms with E-state index in [9.17, 15) is 0 Å². The zero-order chi connectivity index (χ0) is 15.9. The third kappa shape index (κ3) is 4.13. The van der Waals surface area contributed by atoms with Crippen LogP contribution < -0.4 is 11.1 Å². The van der Waals surface area contributed by atoms with E-state index in [2.05, 4.69) is 25.4 Å². The number of anilines is 1. The number of rotatable bonds is 5. The quantitative estimate of drug-likeness (QED) is 0.553. The summed E-state index contributed by atoms with van der Waals surface area (Å²) in [5.41, 5.74) is 7.38. The van der Waals surface area contributed by atoms with Gasteiger partial charge in [0.05, 0.1) is 0 Å². The molecule has 2 heterocycles. The first-order chi connectivity index (χ1) is 11.3. The molecule has 0 spiro atoms. The number of nitrogens with two attached hydrogens (primary N) is 1.